The molecule has 5 nitrogen and oxygen atoms in total. The van der Waals surface area contributed by atoms with Crippen molar-refractivity contribution in [1.29, 1.82) is 0 Å². The van der Waals surface area contributed by atoms with Crippen LogP contribution in [0.1, 0.15) is 23.1 Å². The van der Waals surface area contributed by atoms with Gasteiger partial charge in [0, 0.05) is 26.1 Å². The van der Waals surface area contributed by atoms with E-state index in [0.717, 1.165) is 28.9 Å². The summed E-state index contributed by atoms with van der Waals surface area (Å²) in [7, 11) is 1.64. The van der Waals surface area contributed by atoms with Crippen molar-refractivity contribution in [1.82, 2.24) is 10.2 Å². The summed E-state index contributed by atoms with van der Waals surface area (Å²) in [6.45, 7) is 3.64. The summed E-state index contributed by atoms with van der Waals surface area (Å²) in [5.74, 6) is 0.545. The quantitative estimate of drug-likeness (QED) is 0.820. The molecule has 1 unspecified atom stereocenters. The second-order valence-corrected chi connectivity index (χ2v) is 6.99. The predicted molar refractivity (Wildman–Crippen MR) is 104 cm³/mol. The molecule has 0 saturated carbocycles. The molecule has 1 atom stereocenters. The molecule has 1 fully saturated rings. The Hall–Kier alpha value is -2.82. The number of carbonyl (C=O) groups excluding carboxylic acids is 2. The summed E-state index contributed by atoms with van der Waals surface area (Å²) >= 11 is 0. The zero-order chi connectivity index (χ0) is 19.2. The molecule has 5 heteroatoms. The van der Waals surface area contributed by atoms with Crippen molar-refractivity contribution in [3.8, 4) is 5.75 Å². The van der Waals surface area contributed by atoms with Crippen molar-refractivity contribution in [3.05, 3.63) is 65.2 Å². The van der Waals surface area contributed by atoms with Gasteiger partial charge in [-0.3, -0.25) is 9.59 Å². The molecule has 0 bridgehead atoms. The van der Waals surface area contributed by atoms with E-state index in [4.69, 9.17) is 4.74 Å². The van der Waals surface area contributed by atoms with E-state index in [1.807, 2.05) is 55.5 Å². The molecule has 1 aliphatic rings. The minimum atomic E-state index is -0.271. The molecule has 142 valence electrons. The molecule has 27 heavy (non-hydrogen) atoms. The van der Waals surface area contributed by atoms with Crippen LogP contribution in [-0.2, 0) is 22.6 Å². The fraction of sp³-hybridized carbons (Fsp3) is 0.364. The van der Waals surface area contributed by atoms with Crippen LogP contribution in [0.5, 0.6) is 5.75 Å². The third-order valence-electron chi connectivity index (χ3n) is 5.05. The highest BCUT2D eigenvalue weighted by Gasteiger charge is 2.34. The Kier molecular flexibility index (Phi) is 6.12. The summed E-state index contributed by atoms with van der Waals surface area (Å²) < 4.78 is 5.21. The highest BCUT2D eigenvalue weighted by molar-refractivity contribution is 5.89. The molecule has 1 heterocycles. The van der Waals surface area contributed by atoms with Gasteiger partial charge in [-0.2, -0.15) is 0 Å². The van der Waals surface area contributed by atoms with E-state index in [1.165, 1.54) is 0 Å². The van der Waals surface area contributed by atoms with Gasteiger partial charge >= 0.3 is 0 Å². The molecule has 1 N–H and O–H groups in total. The normalized spacial score (nSPS) is 16.4. The smallest absolute Gasteiger partial charge is 0.225 e. The summed E-state index contributed by atoms with van der Waals surface area (Å²) in [4.78, 5) is 26.5. The predicted octanol–water partition coefficient (Wildman–Crippen LogP) is 2.71. The first-order valence-corrected chi connectivity index (χ1v) is 9.29. The Morgan fingerprint density at radius 2 is 2.04 bits per heavy atom. The van der Waals surface area contributed by atoms with E-state index in [1.54, 1.807) is 12.0 Å². The Morgan fingerprint density at radius 3 is 2.81 bits per heavy atom. The number of ether oxygens (including phenoxy) is 1. The van der Waals surface area contributed by atoms with Crippen LogP contribution < -0.4 is 10.1 Å². The molecular weight excluding hydrogens is 340 g/mol. The zero-order valence-electron chi connectivity index (χ0n) is 15.9. The molecule has 0 spiro atoms. The molecular formula is C22H26N2O3. The van der Waals surface area contributed by atoms with Crippen LogP contribution in [-0.4, -0.2) is 36.9 Å². The minimum absolute atomic E-state index is 0.0430. The number of nitrogens with zero attached hydrogens (tertiary/aromatic N) is 1. The standard InChI is InChI=1S/C22H26N2O3/c1-16-6-3-4-8-18(16)14-24-15-19(13-21(24)25)22(26)23-11-10-17-7-5-9-20(12-17)27-2/h3-9,12,19H,10-11,13-15H2,1-2H3,(H,23,26). The number of amides is 2. The van der Waals surface area contributed by atoms with Crippen LogP contribution in [0.15, 0.2) is 48.5 Å². The van der Waals surface area contributed by atoms with Gasteiger partial charge in [0.2, 0.25) is 11.8 Å². The SMILES string of the molecule is COc1cccc(CCNC(=O)C2CC(=O)N(Cc3ccccc3C)C2)c1. The van der Waals surface area contributed by atoms with Crippen LogP contribution in [0.25, 0.3) is 0 Å². The molecule has 0 aromatic heterocycles. The number of rotatable bonds is 7. The number of benzene rings is 2. The topological polar surface area (TPSA) is 58.6 Å². The van der Waals surface area contributed by atoms with Crippen LogP contribution in [0.3, 0.4) is 0 Å². The van der Waals surface area contributed by atoms with Crippen molar-refractivity contribution in [2.45, 2.75) is 26.3 Å². The van der Waals surface area contributed by atoms with E-state index in [2.05, 4.69) is 5.32 Å². The molecule has 1 saturated heterocycles. The number of hydrogen-bond donors (Lipinski definition) is 1. The van der Waals surface area contributed by atoms with Crippen molar-refractivity contribution >= 4 is 11.8 Å². The van der Waals surface area contributed by atoms with Crippen molar-refractivity contribution < 1.29 is 14.3 Å². The van der Waals surface area contributed by atoms with Gasteiger partial charge in [-0.25, -0.2) is 0 Å². The lowest BCUT2D eigenvalue weighted by Gasteiger charge is -2.18. The van der Waals surface area contributed by atoms with Gasteiger partial charge in [0.05, 0.1) is 13.0 Å². The van der Waals surface area contributed by atoms with E-state index in [9.17, 15) is 9.59 Å². The molecule has 0 aliphatic carbocycles. The maximum absolute atomic E-state index is 12.5. The van der Waals surface area contributed by atoms with Gasteiger partial charge in [-0.1, -0.05) is 36.4 Å². The number of likely N-dealkylation sites (tertiary alicyclic amines) is 1. The lowest BCUT2D eigenvalue weighted by Crippen LogP contribution is -2.34. The lowest BCUT2D eigenvalue weighted by molar-refractivity contribution is -0.129. The molecule has 2 aromatic carbocycles. The second-order valence-electron chi connectivity index (χ2n) is 6.99. The summed E-state index contributed by atoms with van der Waals surface area (Å²) in [5.41, 5.74) is 3.40. The average Bonchev–Trinajstić information content (AvgIpc) is 3.04. The maximum Gasteiger partial charge on any atom is 0.225 e. The van der Waals surface area contributed by atoms with E-state index < -0.39 is 0 Å². The van der Waals surface area contributed by atoms with Gasteiger partial charge in [-0.15, -0.1) is 0 Å². The van der Waals surface area contributed by atoms with Crippen molar-refractivity contribution in [2.24, 2.45) is 5.92 Å². The van der Waals surface area contributed by atoms with Crippen molar-refractivity contribution in [3.63, 3.8) is 0 Å². The third kappa shape index (κ3) is 4.88. The number of aryl methyl sites for hydroxylation is 1. The fourth-order valence-electron chi connectivity index (χ4n) is 3.40. The van der Waals surface area contributed by atoms with Gasteiger partial charge in [0.1, 0.15) is 5.75 Å². The molecule has 2 amide bonds. The second kappa shape index (κ2) is 8.71. The third-order valence-corrected chi connectivity index (χ3v) is 5.05. The molecule has 1 aliphatic heterocycles. The van der Waals surface area contributed by atoms with Gasteiger partial charge in [0.25, 0.3) is 0 Å². The van der Waals surface area contributed by atoms with Gasteiger partial charge < -0.3 is 15.0 Å². The Labute approximate surface area is 160 Å². The maximum atomic E-state index is 12.5. The minimum Gasteiger partial charge on any atom is -0.497 e. The number of methoxy groups -OCH3 is 1. The van der Waals surface area contributed by atoms with E-state index >= 15 is 0 Å². The van der Waals surface area contributed by atoms with Gasteiger partial charge in [0.15, 0.2) is 0 Å². The number of hydrogen-bond acceptors (Lipinski definition) is 3. The molecule has 0 radical (unpaired) electrons. The molecule has 2 aromatic rings. The van der Waals surface area contributed by atoms with Crippen LogP contribution in [0, 0.1) is 12.8 Å². The van der Waals surface area contributed by atoms with Crippen molar-refractivity contribution in [2.75, 3.05) is 20.2 Å². The summed E-state index contributed by atoms with van der Waals surface area (Å²) in [5, 5.41) is 2.97. The lowest BCUT2D eigenvalue weighted by atomic mass is 10.1. The van der Waals surface area contributed by atoms with E-state index in [-0.39, 0.29) is 24.2 Å². The van der Waals surface area contributed by atoms with Crippen LogP contribution in [0.4, 0.5) is 0 Å². The number of nitrogens with one attached hydrogen (secondary N) is 1. The highest BCUT2D eigenvalue weighted by Crippen LogP contribution is 2.21. The first kappa shape index (κ1) is 19.0. The first-order valence-electron chi connectivity index (χ1n) is 9.29. The van der Waals surface area contributed by atoms with Crippen LogP contribution in [0.2, 0.25) is 0 Å². The number of carbonyl (C=O) groups is 2. The molecule has 3 rings (SSSR count). The van der Waals surface area contributed by atoms with Gasteiger partial charge in [-0.05, 0) is 42.2 Å². The van der Waals surface area contributed by atoms with Crippen LogP contribution >= 0.6 is 0 Å². The summed E-state index contributed by atoms with van der Waals surface area (Å²) in [6.07, 6.45) is 1.02. The van der Waals surface area contributed by atoms with E-state index in [0.29, 0.717) is 19.6 Å². The first-order chi connectivity index (χ1) is 13.1. The monoisotopic (exact) mass is 366 g/mol. The Balaban J connectivity index is 1.49. The Morgan fingerprint density at radius 1 is 1.22 bits per heavy atom. The largest absolute Gasteiger partial charge is 0.497 e. The average molecular weight is 366 g/mol. The zero-order valence-corrected chi connectivity index (χ0v) is 15.9. The highest BCUT2D eigenvalue weighted by atomic mass is 16.5. The fourth-order valence-corrected chi connectivity index (χ4v) is 3.40. The summed E-state index contributed by atoms with van der Waals surface area (Å²) in [6, 6.07) is 15.9. The Bertz CT molecular complexity index is 819.